The predicted molar refractivity (Wildman–Crippen MR) is 107 cm³/mol. The van der Waals surface area contributed by atoms with Crippen molar-refractivity contribution in [1.29, 1.82) is 0 Å². The van der Waals surface area contributed by atoms with Gasteiger partial charge in [-0.25, -0.2) is 14.4 Å². The van der Waals surface area contributed by atoms with Crippen LogP contribution in [0.1, 0.15) is 20.9 Å². The molecule has 1 N–H and O–H groups in total. The molecule has 0 saturated carbocycles. The molecule has 4 rings (SSSR count). The summed E-state index contributed by atoms with van der Waals surface area (Å²) in [5, 5.41) is 7.22. The summed E-state index contributed by atoms with van der Waals surface area (Å²) in [6.07, 6.45) is 3.84. The van der Waals surface area contributed by atoms with Crippen molar-refractivity contribution in [1.82, 2.24) is 9.97 Å². The maximum Gasteiger partial charge on any atom is 0.158 e. The minimum atomic E-state index is -0.190. The van der Waals surface area contributed by atoms with Crippen molar-refractivity contribution < 1.29 is 4.39 Å². The van der Waals surface area contributed by atoms with Gasteiger partial charge in [0.15, 0.2) is 5.82 Å². The Bertz CT molecular complexity index is 1080. The number of aromatic nitrogens is 2. The van der Waals surface area contributed by atoms with Crippen molar-refractivity contribution >= 4 is 44.9 Å². The van der Waals surface area contributed by atoms with Crippen LogP contribution in [0, 0.1) is 12.7 Å². The molecule has 4 aromatic rings. The van der Waals surface area contributed by atoms with Gasteiger partial charge in [-0.1, -0.05) is 18.2 Å². The quantitative estimate of drug-likeness (QED) is 0.379. The standard InChI is InChI=1S/C19H15FN4S2/c1-12-6-7-25-17(12)10-23-24-18-15-9-14(26-19(15)22-11-21-18)8-13-4-2-3-5-16(13)20/h2-7,9-11H,8H2,1H3,(H,21,22,24)/b23-10+. The lowest BCUT2D eigenvalue weighted by molar-refractivity contribution is 0.614. The zero-order valence-corrected chi connectivity index (χ0v) is 15.6. The number of thiophene rings is 2. The van der Waals surface area contributed by atoms with Gasteiger partial charge in [0.05, 0.1) is 11.6 Å². The van der Waals surface area contributed by atoms with Gasteiger partial charge in [0.25, 0.3) is 0 Å². The third-order valence-corrected chi connectivity index (χ3v) is 5.95. The molecule has 4 nitrogen and oxygen atoms in total. The molecule has 3 aromatic heterocycles. The average Bonchev–Trinajstić information content (AvgIpc) is 3.23. The number of hydrogen-bond acceptors (Lipinski definition) is 6. The maximum absolute atomic E-state index is 13.9. The molecule has 0 aliphatic heterocycles. The molecule has 7 heteroatoms. The normalized spacial score (nSPS) is 11.5. The van der Waals surface area contributed by atoms with Gasteiger partial charge in [0.1, 0.15) is 17.0 Å². The zero-order valence-electron chi connectivity index (χ0n) is 13.9. The van der Waals surface area contributed by atoms with Crippen molar-refractivity contribution in [3.8, 4) is 0 Å². The van der Waals surface area contributed by atoms with Crippen LogP contribution in [0.2, 0.25) is 0 Å². The van der Waals surface area contributed by atoms with Crippen LogP contribution in [-0.4, -0.2) is 16.2 Å². The molecule has 0 saturated heterocycles. The summed E-state index contributed by atoms with van der Waals surface area (Å²) in [4.78, 5) is 11.6. The van der Waals surface area contributed by atoms with Crippen LogP contribution in [-0.2, 0) is 6.42 Å². The molecule has 0 amide bonds. The van der Waals surface area contributed by atoms with Gasteiger partial charge in [-0.05, 0) is 41.6 Å². The molecule has 130 valence electrons. The smallest absolute Gasteiger partial charge is 0.158 e. The number of hydrogen-bond donors (Lipinski definition) is 1. The van der Waals surface area contributed by atoms with Crippen molar-refractivity contribution in [2.75, 3.05) is 5.43 Å². The molecular formula is C19H15FN4S2. The maximum atomic E-state index is 13.9. The highest BCUT2D eigenvalue weighted by Gasteiger charge is 2.10. The number of aryl methyl sites for hydroxylation is 1. The van der Waals surface area contributed by atoms with Crippen molar-refractivity contribution in [3.05, 3.63) is 74.8 Å². The van der Waals surface area contributed by atoms with Gasteiger partial charge < -0.3 is 0 Å². The van der Waals surface area contributed by atoms with E-state index in [0.29, 0.717) is 17.8 Å². The van der Waals surface area contributed by atoms with Crippen molar-refractivity contribution in [2.45, 2.75) is 13.3 Å². The Hall–Kier alpha value is -2.64. The van der Waals surface area contributed by atoms with Crippen LogP contribution >= 0.6 is 22.7 Å². The fraction of sp³-hybridized carbons (Fsp3) is 0.105. The monoisotopic (exact) mass is 382 g/mol. The van der Waals surface area contributed by atoms with E-state index < -0.39 is 0 Å². The number of benzene rings is 1. The van der Waals surface area contributed by atoms with E-state index in [1.807, 2.05) is 17.5 Å². The summed E-state index contributed by atoms with van der Waals surface area (Å²) in [6.45, 7) is 2.05. The molecule has 0 atom stereocenters. The summed E-state index contributed by atoms with van der Waals surface area (Å²) in [5.74, 6) is 0.460. The Morgan fingerprint density at radius 1 is 1.23 bits per heavy atom. The van der Waals surface area contributed by atoms with Gasteiger partial charge in [-0.3, -0.25) is 5.43 Å². The number of anilines is 1. The summed E-state index contributed by atoms with van der Waals surface area (Å²) in [7, 11) is 0. The van der Waals surface area contributed by atoms with Gasteiger partial charge in [-0.15, -0.1) is 22.7 Å². The Balaban J connectivity index is 1.58. The second-order valence-electron chi connectivity index (χ2n) is 5.76. The fourth-order valence-electron chi connectivity index (χ4n) is 2.58. The molecule has 3 heterocycles. The molecule has 0 unspecified atom stereocenters. The van der Waals surface area contributed by atoms with Crippen LogP contribution in [0.5, 0.6) is 0 Å². The number of fused-ring (bicyclic) bond motifs is 1. The molecule has 0 spiro atoms. The summed E-state index contributed by atoms with van der Waals surface area (Å²) in [5.41, 5.74) is 4.86. The van der Waals surface area contributed by atoms with Gasteiger partial charge in [-0.2, -0.15) is 5.10 Å². The van der Waals surface area contributed by atoms with E-state index in [1.54, 1.807) is 41.0 Å². The predicted octanol–water partition coefficient (Wildman–Crippen LogP) is 5.24. The number of rotatable bonds is 5. The number of nitrogens with zero attached hydrogens (tertiary/aromatic N) is 3. The molecule has 0 bridgehead atoms. The van der Waals surface area contributed by atoms with Crippen LogP contribution in [0.15, 0.2) is 53.2 Å². The number of hydrazone groups is 1. The van der Waals surface area contributed by atoms with Crippen LogP contribution < -0.4 is 5.43 Å². The lowest BCUT2D eigenvalue weighted by Gasteiger charge is -2.00. The molecule has 0 radical (unpaired) electrons. The molecule has 26 heavy (non-hydrogen) atoms. The van der Waals surface area contributed by atoms with Crippen LogP contribution in [0.4, 0.5) is 10.2 Å². The van der Waals surface area contributed by atoms with E-state index in [-0.39, 0.29) is 5.82 Å². The van der Waals surface area contributed by atoms with Crippen LogP contribution in [0.3, 0.4) is 0 Å². The lowest BCUT2D eigenvalue weighted by Crippen LogP contribution is -1.94. The summed E-state index contributed by atoms with van der Waals surface area (Å²) >= 11 is 3.18. The van der Waals surface area contributed by atoms with E-state index in [4.69, 9.17) is 0 Å². The Kier molecular flexibility index (Phi) is 4.73. The third-order valence-electron chi connectivity index (χ3n) is 3.96. The number of nitrogens with one attached hydrogen (secondary N) is 1. The molecule has 1 aromatic carbocycles. The Labute approximate surface area is 158 Å². The zero-order chi connectivity index (χ0) is 17.9. The minimum absolute atomic E-state index is 0.190. The molecule has 0 fully saturated rings. The average molecular weight is 382 g/mol. The first-order valence-corrected chi connectivity index (χ1v) is 9.70. The molecule has 0 aliphatic rings. The highest BCUT2D eigenvalue weighted by molar-refractivity contribution is 7.18. The minimum Gasteiger partial charge on any atom is -0.261 e. The van der Waals surface area contributed by atoms with Gasteiger partial charge >= 0.3 is 0 Å². The second-order valence-corrected chi connectivity index (χ2v) is 7.82. The van der Waals surface area contributed by atoms with E-state index >= 15 is 0 Å². The lowest BCUT2D eigenvalue weighted by atomic mass is 10.1. The van der Waals surface area contributed by atoms with E-state index in [0.717, 1.165) is 20.0 Å². The number of halogens is 1. The highest BCUT2D eigenvalue weighted by atomic mass is 32.1. The van der Waals surface area contributed by atoms with Crippen molar-refractivity contribution in [3.63, 3.8) is 0 Å². The summed E-state index contributed by atoms with van der Waals surface area (Å²) in [6, 6.07) is 10.9. The molecule has 0 aliphatic carbocycles. The first-order valence-electron chi connectivity index (χ1n) is 8.00. The van der Waals surface area contributed by atoms with E-state index in [9.17, 15) is 4.39 Å². The van der Waals surface area contributed by atoms with Gasteiger partial charge in [0.2, 0.25) is 0 Å². The van der Waals surface area contributed by atoms with E-state index in [2.05, 4.69) is 33.5 Å². The summed E-state index contributed by atoms with van der Waals surface area (Å²) < 4.78 is 13.9. The fourth-order valence-corrected chi connectivity index (χ4v) is 4.38. The first kappa shape index (κ1) is 16.8. The SMILES string of the molecule is Cc1ccsc1/C=N/Nc1ncnc2sc(Cc3ccccc3F)cc12. The van der Waals surface area contributed by atoms with Crippen molar-refractivity contribution in [2.24, 2.45) is 5.10 Å². The molecular weight excluding hydrogens is 367 g/mol. The topological polar surface area (TPSA) is 50.2 Å². The van der Waals surface area contributed by atoms with E-state index in [1.165, 1.54) is 18.0 Å². The first-order chi connectivity index (χ1) is 12.7. The largest absolute Gasteiger partial charge is 0.261 e. The third kappa shape index (κ3) is 3.49. The second kappa shape index (κ2) is 7.31. The van der Waals surface area contributed by atoms with Crippen LogP contribution in [0.25, 0.3) is 10.2 Å². The Morgan fingerprint density at radius 2 is 2.12 bits per heavy atom. The highest BCUT2D eigenvalue weighted by Crippen LogP contribution is 2.30. The Morgan fingerprint density at radius 3 is 2.92 bits per heavy atom. The van der Waals surface area contributed by atoms with Gasteiger partial charge in [0, 0.05) is 16.2 Å².